The zero-order chi connectivity index (χ0) is 8.20. The molecule has 0 saturated carbocycles. The van der Waals surface area contributed by atoms with Crippen LogP contribution in [-0.4, -0.2) is 38.1 Å². The summed E-state index contributed by atoms with van der Waals surface area (Å²) in [6, 6.07) is 0. The summed E-state index contributed by atoms with van der Waals surface area (Å²) in [5.74, 6) is -0.201. The zero-order valence-corrected chi connectivity index (χ0v) is 7.05. The van der Waals surface area contributed by atoms with Crippen molar-refractivity contribution in [1.82, 2.24) is 0 Å². The molecule has 0 aliphatic heterocycles. The van der Waals surface area contributed by atoms with Crippen LogP contribution in [0.5, 0.6) is 0 Å². The van der Waals surface area contributed by atoms with E-state index in [4.69, 9.17) is 5.73 Å². The molecule has 1 amide bonds. The largest absolute Gasteiger partial charge is 0.370 e. The Morgan fingerprint density at radius 2 is 1.90 bits per heavy atom. The fraction of sp³-hybridized carbons (Fsp3) is 0.857. The summed E-state index contributed by atoms with van der Waals surface area (Å²) in [6.45, 7) is 1.00. The number of primary amides is 1. The molecule has 0 rings (SSSR count). The minimum Gasteiger partial charge on any atom is -0.370 e. The normalized spacial score (nSPS) is 11.5. The van der Waals surface area contributed by atoms with Crippen molar-refractivity contribution in [3.8, 4) is 0 Å². The van der Waals surface area contributed by atoms with Crippen molar-refractivity contribution in [1.29, 1.82) is 0 Å². The lowest BCUT2D eigenvalue weighted by Gasteiger charge is -2.23. The molecule has 0 fully saturated rings. The predicted molar refractivity (Wildman–Crippen MR) is 41.3 cm³/mol. The van der Waals surface area contributed by atoms with E-state index in [-0.39, 0.29) is 5.91 Å². The monoisotopic (exact) mass is 145 g/mol. The van der Waals surface area contributed by atoms with E-state index in [1.165, 1.54) is 0 Å². The van der Waals surface area contributed by atoms with E-state index in [1.54, 1.807) is 0 Å². The van der Waals surface area contributed by atoms with Crippen LogP contribution in [0.15, 0.2) is 0 Å². The first-order valence-corrected chi connectivity index (χ1v) is 3.50. The van der Waals surface area contributed by atoms with Gasteiger partial charge in [0.15, 0.2) is 0 Å². The first kappa shape index (κ1) is 9.43. The standard InChI is InChI=1S/C7H16N2O/c1-9(2,3)6-4-5-7(8)10/h4-6H2,1-3H3,(H-,8,10)/p+1. The van der Waals surface area contributed by atoms with Crippen molar-refractivity contribution in [3.63, 3.8) is 0 Å². The van der Waals surface area contributed by atoms with Gasteiger partial charge in [-0.15, -0.1) is 0 Å². The third kappa shape index (κ3) is 7.43. The van der Waals surface area contributed by atoms with Crippen LogP contribution in [0.1, 0.15) is 12.8 Å². The molecule has 0 aliphatic rings. The summed E-state index contributed by atoms with van der Waals surface area (Å²) in [5, 5.41) is 0. The molecule has 0 radical (unpaired) electrons. The zero-order valence-electron chi connectivity index (χ0n) is 7.05. The third-order valence-electron chi connectivity index (χ3n) is 1.25. The smallest absolute Gasteiger partial charge is 0.217 e. The van der Waals surface area contributed by atoms with E-state index in [0.717, 1.165) is 17.4 Å². The Bertz CT molecular complexity index is 115. The molecule has 60 valence electrons. The lowest BCUT2D eigenvalue weighted by atomic mass is 10.3. The number of nitrogens with two attached hydrogens (primary N) is 1. The van der Waals surface area contributed by atoms with E-state index in [2.05, 4.69) is 21.1 Å². The van der Waals surface area contributed by atoms with Crippen LogP contribution < -0.4 is 5.73 Å². The molecule has 0 unspecified atom stereocenters. The van der Waals surface area contributed by atoms with E-state index in [9.17, 15) is 4.79 Å². The van der Waals surface area contributed by atoms with Crippen molar-refractivity contribution < 1.29 is 9.28 Å². The summed E-state index contributed by atoms with van der Waals surface area (Å²) in [5.41, 5.74) is 4.98. The molecule has 0 aromatic carbocycles. The van der Waals surface area contributed by atoms with Crippen molar-refractivity contribution in [2.45, 2.75) is 12.8 Å². The van der Waals surface area contributed by atoms with Gasteiger partial charge >= 0.3 is 0 Å². The molecule has 3 nitrogen and oxygen atoms in total. The number of carbonyl (C=O) groups excluding carboxylic acids is 1. The number of quaternary nitrogens is 1. The highest BCUT2D eigenvalue weighted by Gasteiger charge is 2.06. The number of nitrogens with zero attached hydrogens (tertiary/aromatic N) is 1. The van der Waals surface area contributed by atoms with Gasteiger partial charge in [0.1, 0.15) is 0 Å². The van der Waals surface area contributed by atoms with Gasteiger partial charge in [0, 0.05) is 12.8 Å². The van der Waals surface area contributed by atoms with E-state index < -0.39 is 0 Å². The second-order valence-electron chi connectivity index (χ2n) is 3.58. The van der Waals surface area contributed by atoms with Crippen LogP contribution in [0.4, 0.5) is 0 Å². The molecule has 0 saturated heterocycles. The summed E-state index contributed by atoms with van der Waals surface area (Å²) in [7, 11) is 6.29. The first-order chi connectivity index (χ1) is 4.42. The predicted octanol–water partition coefficient (Wildman–Crippen LogP) is -0.0419. The quantitative estimate of drug-likeness (QED) is 0.554. The third-order valence-corrected chi connectivity index (χ3v) is 1.25. The molecule has 0 aromatic heterocycles. The van der Waals surface area contributed by atoms with Crippen LogP contribution in [0.3, 0.4) is 0 Å². The molecular weight excluding hydrogens is 128 g/mol. The maximum Gasteiger partial charge on any atom is 0.217 e. The van der Waals surface area contributed by atoms with Gasteiger partial charge in [-0.1, -0.05) is 0 Å². The van der Waals surface area contributed by atoms with Gasteiger partial charge < -0.3 is 10.2 Å². The second-order valence-corrected chi connectivity index (χ2v) is 3.58. The Hall–Kier alpha value is -0.570. The Morgan fingerprint density at radius 3 is 2.20 bits per heavy atom. The highest BCUT2D eigenvalue weighted by Crippen LogP contribution is 1.95. The van der Waals surface area contributed by atoms with E-state index in [0.29, 0.717) is 6.42 Å². The number of hydrogen-bond acceptors (Lipinski definition) is 1. The summed E-state index contributed by atoms with van der Waals surface area (Å²) >= 11 is 0. The molecule has 0 atom stereocenters. The average molecular weight is 145 g/mol. The van der Waals surface area contributed by atoms with Crippen molar-refractivity contribution >= 4 is 5.91 Å². The molecule has 0 spiro atoms. The van der Waals surface area contributed by atoms with Crippen LogP contribution in [0.2, 0.25) is 0 Å². The summed E-state index contributed by atoms with van der Waals surface area (Å²) < 4.78 is 0.896. The van der Waals surface area contributed by atoms with Gasteiger partial charge in [0.05, 0.1) is 27.7 Å². The number of hydrogen-bond donors (Lipinski definition) is 1. The lowest BCUT2D eigenvalue weighted by molar-refractivity contribution is -0.870. The topological polar surface area (TPSA) is 43.1 Å². The van der Waals surface area contributed by atoms with Gasteiger partial charge in [-0.2, -0.15) is 0 Å². The number of carbonyl (C=O) groups is 1. The lowest BCUT2D eigenvalue weighted by Crippen LogP contribution is -2.35. The summed E-state index contributed by atoms with van der Waals surface area (Å²) in [4.78, 5) is 10.3. The molecule has 2 N–H and O–H groups in total. The minimum atomic E-state index is -0.201. The fourth-order valence-electron chi connectivity index (χ4n) is 0.728. The number of rotatable bonds is 4. The van der Waals surface area contributed by atoms with Crippen LogP contribution in [-0.2, 0) is 4.79 Å². The van der Waals surface area contributed by atoms with Crippen LogP contribution in [0.25, 0.3) is 0 Å². The Labute approximate surface area is 62.4 Å². The van der Waals surface area contributed by atoms with Crippen LogP contribution >= 0.6 is 0 Å². The fourth-order valence-corrected chi connectivity index (χ4v) is 0.728. The Morgan fingerprint density at radius 1 is 1.40 bits per heavy atom. The van der Waals surface area contributed by atoms with Crippen LogP contribution in [0, 0.1) is 0 Å². The molecule has 0 heterocycles. The highest BCUT2D eigenvalue weighted by atomic mass is 16.1. The van der Waals surface area contributed by atoms with E-state index >= 15 is 0 Å². The maximum absolute atomic E-state index is 10.3. The van der Waals surface area contributed by atoms with Gasteiger partial charge in [-0.25, -0.2) is 0 Å². The van der Waals surface area contributed by atoms with Crippen molar-refractivity contribution in [2.24, 2.45) is 5.73 Å². The van der Waals surface area contributed by atoms with Gasteiger partial charge in [-0.05, 0) is 0 Å². The van der Waals surface area contributed by atoms with E-state index in [1.807, 2.05) is 0 Å². The maximum atomic E-state index is 10.3. The molecule has 3 heteroatoms. The first-order valence-electron chi connectivity index (χ1n) is 3.50. The molecule has 0 aromatic rings. The minimum absolute atomic E-state index is 0.201. The molecular formula is C7H17N2O+. The molecule has 0 aliphatic carbocycles. The van der Waals surface area contributed by atoms with Gasteiger partial charge in [0.2, 0.25) is 5.91 Å². The Kier molecular flexibility index (Phi) is 3.36. The highest BCUT2D eigenvalue weighted by molar-refractivity contribution is 5.73. The average Bonchev–Trinajstić information content (AvgIpc) is 1.59. The SMILES string of the molecule is C[N+](C)(C)CCCC(N)=O. The molecule has 10 heavy (non-hydrogen) atoms. The van der Waals surface area contributed by atoms with Crippen molar-refractivity contribution in [2.75, 3.05) is 27.7 Å². The number of amides is 1. The summed E-state index contributed by atoms with van der Waals surface area (Å²) in [6.07, 6.45) is 1.40. The van der Waals surface area contributed by atoms with Crippen molar-refractivity contribution in [3.05, 3.63) is 0 Å². The Balaban J connectivity index is 3.29. The van der Waals surface area contributed by atoms with Gasteiger partial charge in [0.25, 0.3) is 0 Å². The molecule has 0 bridgehead atoms. The van der Waals surface area contributed by atoms with Gasteiger partial charge in [-0.3, -0.25) is 4.79 Å². The second kappa shape index (κ2) is 3.56.